The van der Waals surface area contributed by atoms with Gasteiger partial charge in [0.25, 0.3) is 0 Å². The standard InChI is InChI=1S/C28H37NO5S/c1-8-33-26(30)28(4,5)34-25-18(2)13-21(14-19(25)3)24-17-29(27(31)32-6)16-22(24)15-20-9-11-23(35-7)12-10-20/h9-14,22,24H,8,15-17H2,1-7H3/t22?,24-/m1/s1. The van der Waals surface area contributed by atoms with Crippen molar-refractivity contribution in [1.29, 1.82) is 0 Å². The lowest BCUT2D eigenvalue weighted by molar-refractivity contribution is -0.158. The molecule has 1 heterocycles. The van der Waals surface area contributed by atoms with Crippen LogP contribution in [0.3, 0.4) is 0 Å². The van der Waals surface area contributed by atoms with Crippen LogP contribution >= 0.6 is 11.8 Å². The predicted molar refractivity (Wildman–Crippen MR) is 139 cm³/mol. The zero-order chi connectivity index (χ0) is 25.8. The number of hydrogen-bond donors (Lipinski definition) is 0. The highest BCUT2D eigenvalue weighted by atomic mass is 32.2. The van der Waals surface area contributed by atoms with Gasteiger partial charge in [0, 0.05) is 23.9 Å². The van der Waals surface area contributed by atoms with Gasteiger partial charge < -0.3 is 19.1 Å². The summed E-state index contributed by atoms with van der Waals surface area (Å²) in [5, 5.41) is 0. The number of nitrogens with zero attached hydrogens (tertiary/aromatic N) is 1. The molecule has 1 fully saturated rings. The molecule has 1 unspecified atom stereocenters. The Kier molecular flexibility index (Phi) is 8.75. The van der Waals surface area contributed by atoms with Crippen LogP contribution in [-0.4, -0.2) is 55.6 Å². The van der Waals surface area contributed by atoms with Crippen LogP contribution in [0.15, 0.2) is 41.3 Å². The summed E-state index contributed by atoms with van der Waals surface area (Å²) in [7, 11) is 1.43. The fraction of sp³-hybridized carbons (Fsp3) is 0.500. The van der Waals surface area contributed by atoms with E-state index in [0.29, 0.717) is 25.4 Å². The normalized spacial score (nSPS) is 17.9. The Hall–Kier alpha value is -2.67. The van der Waals surface area contributed by atoms with Gasteiger partial charge in [-0.05, 0) is 87.6 Å². The van der Waals surface area contributed by atoms with Gasteiger partial charge in [0.15, 0.2) is 5.60 Å². The van der Waals surface area contributed by atoms with Crippen LogP contribution in [0.25, 0.3) is 0 Å². The van der Waals surface area contributed by atoms with Gasteiger partial charge in [0.1, 0.15) is 5.75 Å². The molecule has 1 aliphatic heterocycles. The van der Waals surface area contributed by atoms with Crippen molar-refractivity contribution in [2.24, 2.45) is 5.92 Å². The number of rotatable bonds is 8. The first-order chi connectivity index (χ1) is 16.6. The second-order valence-electron chi connectivity index (χ2n) is 9.61. The average Bonchev–Trinajstić information content (AvgIpc) is 3.25. The van der Waals surface area contributed by atoms with Crippen LogP contribution in [0.5, 0.6) is 5.75 Å². The first-order valence-electron chi connectivity index (χ1n) is 12.0. The van der Waals surface area contributed by atoms with E-state index in [2.05, 4.69) is 42.7 Å². The van der Waals surface area contributed by atoms with E-state index < -0.39 is 5.60 Å². The summed E-state index contributed by atoms with van der Waals surface area (Å²) >= 11 is 1.73. The fourth-order valence-electron chi connectivity index (χ4n) is 4.76. The zero-order valence-corrected chi connectivity index (χ0v) is 22.7. The van der Waals surface area contributed by atoms with Crippen LogP contribution in [0, 0.1) is 19.8 Å². The van der Waals surface area contributed by atoms with Crippen LogP contribution in [0.4, 0.5) is 4.79 Å². The second-order valence-corrected chi connectivity index (χ2v) is 10.5. The summed E-state index contributed by atoms with van der Waals surface area (Å²) in [6.45, 7) is 10.8. The summed E-state index contributed by atoms with van der Waals surface area (Å²) in [6, 6.07) is 12.9. The van der Waals surface area contributed by atoms with Crippen molar-refractivity contribution in [3.8, 4) is 5.75 Å². The Labute approximate surface area is 213 Å². The second kappa shape index (κ2) is 11.4. The number of hydrogen-bond acceptors (Lipinski definition) is 6. The number of carbonyl (C=O) groups is 2. The van der Waals surface area contributed by atoms with Crippen molar-refractivity contribution in [3.05, 3.63) is 58.7 Å². The molecule has 0 radical (unpaired) electrons. The van der Waals surface area contributed by atoms with Gasteiger partial charge in [-0.1, -0.05) is 24.3 Å². The highest BCUT2D eigenvalue weighted by Gasteiger charge is 2.38. The molecule has 1 amide bonds. The third-order valence-electron chi connectivity index (χ3n) is 6.57. The third-order valence-corrected chi connectivity index (χ3v) is 7.31. The monoisotopic (exact) mass is 499 g/mol. The lowest BCUT2D eigenvalue weighted by atomic mass is 9.83. The van der Waals surface area contributed by atoms with E-state index >= 15 is 0 Å². The Morgan fingerprint density at radius 3 is 2.26 bits per heavy atom. The van der Waals surface area contributed by atoms with Gasteiger partial charge in [0.2, 0.25) is 0 Å². The smallest absolute Gasteiger partial charge is 0.409 e. The molecule has 1 aliphatic rings. The molecular formula is C28H37NO5S. The minimum atomic E-state index is -1.09. The van der Waals surface area contributed by atoms with Crippen molar-refractivity contribution >= 4 is 23.8 Å². The number of benzene rings is 2. The van der Waals surface area contributed by atoms with E-state index in [0.717, 1.165) is 17.5 Å². The number of methoxy groups -OCH3 is 1. The molecule has 1 saturated heterocycles. The third kappa shape index (κ3) is 6.31. The molecular weight excluding hydrogens is 462 g/mol. The van der Waals surface area contributed by atoms with E-state index in [9.17, 15) is 9.59 Å². The molecule has 7 heteroatoms. The fourth-order valence-corrected chi connectivity index (χ4v) is 5.17. The van der Waals surface area contributed by atoms with Gasteiger partial charge in [-0.2, -0.15) is 0 Å². The van der Waals surface area contributed by atoms with E-state index in [1.165, 1.54) is 23.1 Å². The molecule has 0 aliphatic carbocycles. The molecule has 6 nitrogen and oxygen atoms in total. The number of likely N-dealkylation sites (tertiary alicyclic amines) is 1. The Balaban J connectivity index is 1.88. The van der Waals surface area contributed by atoms with Gasteiger partial charge in [-0.3, -0.25) is 0 Å². The van der Waals surface area contributed by atoms with E-state index in [4.69, 9.17) is 14.2 Å². The minimum Gasteiger partial charge on any atom is -0.476 e. The molecule has 0 saturated carbocycles. The van der Waals surface area contributed by atoms with E-state index in [1.807, 2.05) is 13.8 Å². The summed E-state index contributed by atoms with van der Waals surface area (Å²) in [4.78, 5) is 27.8. The van der Waals surface area contributed by atoms with Gasteiger partial charge in [0.05, 0.1) is 13.7 Å². The summed E-state index contributed by atoms with van der Waals surface area (Å²) in [5.41, 5.74) is 3.24. The molecule has 0 aromatic heterocycles. The summed E-state index contributed by atoms with van der Waals surface area (Å²) in [6.07, 6.45) is 2.65. The quantitative estimate of drug-likeness (QED) is 0.339. The van der Waals surface area contributed by atoms with Crippen LogP contribution in [-0.2, 0) is 20.7 Å². The number of esters is 1. The van der Waals surface area contributed by atoms with Gasteiger partial charge in [-0.15, -0.1) is 11.8 Å². The van der Waals surface area contributed by atoms with Gasteiger partial charge in [-0.25, -0.2) is 9.59 Å². The van der Waals surface area contributed by atoms with Crippen molar-refractivity contribution < 1.29 is 23.8 Å². The first kappa shape index (κ1) is 26.9. The van der Waals surface area contributed by atoms with Crippen molar-refractivity contribution in [1.82, 2.24) is 4.90 Å². The van der Waals surface area contributed by atoms with Crippen molar-refractivity contribution in [3.63, 3.8) is 0 Å². The molecule has 0 bridgehead atoms. The Morgan fingerprint density at radius 1 is 1.09 bits per heavy atom. The Morgan fingerprint density at radius 2 is 1.71 bits per heavy atom. The number of amides is 1. The van der Waals surface area contributed by atoms with E-state index in [1.54, 1.807) is 37.4 Å². The van der Waals surface area contributed by atoms with Crippen molar-refractivity contribution in [2.75, 3.05) is 33.1 Å². The molecule has 190 valence electrons. The average molecular weight is 500 g/mol. The zero-order valence-electron chi connectivity index (χ0n) is 21.8. The molecule has 3 rings (SSSR count). The maximum Gasteiger partial charge on any atom is 0.409 e. The summed E-state index contributed by atoms with van der Waals surface area (Å²) < 4.78 is 16.4. The molecule has 2 atom stereocenters. The SMILES string of the molecule is CCOC(=O)C(C)(C)Oc1c(C)cc([C@H]2CN(C(=O)OC)CC2Cc2ccc(SC)cc2)cc1C. The van der Waals surface area contributed by atoms with Crippen molar-refractivity contribution in [2.45, 2.75) is 57.5 Å². The minimum absolute atomic E-state index is 0.166. The van der Waals surface area contributed by atoms with Crippen LogP contribution in [0.2, 0.25) is 0 Å². The highest BCUT2D eigenvalue weighted by molar-refractivity contribution is 7.98. The number of ether oxygens (including phenoxy) is 3. The van der Waals surface area contributed by atoms with E-state index in [-0.39, 0.29) is 23.9 Å². The molecule has 2 aromatic carbocycles. The maximum absolute atomic E-state index is 12.4. The maximum atomic E-state index is 12.4. The largest absolute Gasteiger partial charge is 0.476 e. The molecule has 0 N–H and O–H groups in total. The number of thioether (sulfide) groups is 1. The number of aryl methyl sites for hydroxylation is 2. The lowest BCUT2D eigenvalue weighted by Crippen LogP contribution is -2.40. The highest BCUT2D eigenvalue weighted by Crippen LogP contribution is 2.39. The number of carbonyl (C=O) groups excluding carboxylic acids is 2. The van der Waals surface area contributed by atoms with Crippen LogP contribution in [0.1, 0.15) is 48.9 Å². The lowest BCUT2D eigenvalue weighted by Gasteiger charge is -2.27. The topological polar surface area (TPSA) is 65.1 Å². The Bertz CT molecular complexity index is 1030. The van der Waals surface area contributed by atoms with Gasteiger partial charge >= 0.3 is 12.1 Å². The first-order valence-corrected chi connectivity index (χ1v) is 13.2. The van der Waals surface area contributed by atoms with Crippen LogP contribution < -0.4 is 4.74 Å². The predicted octanol–water partition coefficient (Wildman–Crippen LogP) is 5.77. The summed E-state index contributed by atoms with van der Waals surface area (Å²) in [5.74, 6) is 0.730. The molecule has 2 aromatic rings. The molecule has 0 spiro atoms. The molecule has 35 heavy (non-hydrogen) atoms.